The molecule has 1 unspecified atom stereocenters. The fourth-order valence-corrected chi connectivity index (χ4v) is 1.85. The van der Waals surface area contributed by atoms with E-state index in [-0.39, 0.29) is 5.92 Å². The van der Waals surface area contributed by atoms with Crippen molar-refractivity contribution < 1.29 is 4.79 Å². The van der Waals surface area contributed by atoms with Crippen molar-refractivity contribution >= 4 is 12.6 Å². The van der Waals surface area contributed by atoms with Gasteiger partial charge in [0, 0.05) is 24.7 Å². The molecule has 0 radical (unpaired) electrons. The first-order chi connectivity index (χ1) is 6.72. The van der Waals surface area contributed by atoms with E-state index in [0.717, 1.165) is 24.8 Å². The molecule has 3 N–H and O–H groups in total. The van der Waals surface area contributed by atoms with Gasteiger partial charge in [0.2, 0.25) is 6.41 Å². The molecule has 0 aromatic rings. The number of rotatable bonds is 3. The van der Waals surface area contributed by atoms with Crippen molar-refractivity contribution in [3.05, 3.63) is 11.8 Å². The molecule has 0 aliphatic carbocycles. The van der Waals surface area contributed by atoms with Crippen LogP contribution < -0.4 is 5.73 Å². The van der Waals surface area contributed by atoms with Crippen molar-refractivity contribution in [1.29, 1.82) is 5.41 Å². The molecular weight excluding hydrogens is 178 g/mol. The third-order valence-electron chi connectivity index (χ3n) is 2.90. The van der Waals surface area contributed by atoms with Crippen molar-refractivity contribution in [3.63, 3.8) is 0 Å². The molecule has 4 nitrogen and oxygen atoms in total. The molecule has 1 heterocycles. The zero-order valence-corrected chi connectivity index (χ0v) is 8.44. The summed E-state index contributed by atoms with van der Waals surface area (Å²) in [6.45, 7) is 2.73. The molecule has 78 valence electrons. The largest absolute Gasteiger partial charge is 0.404 e. The highest BCUT2D eigenvalue weighted by Crippen LogP contribution is 2.24. The van der Waals surface area contributed by atoms with E-state index >= 15 is 0 Å². The van der Waals surface area contributed by atoms with Crippen LogP contribution in [0.5, 0.6) is 0 Å². The van der Waals surface area contributed by atoms with Gasteiger partial charge in [-0.2, -0.15) is 0 Å². The second kappa shape index (κ2) is 4.79. The molecule has 1 aliphatic heterocycles. The van der Waals surface area contributed by atoms with Crippen molar-refractivity contribution in [3.8, 4) is 0 Å². The summed E-state index contributed by atoms with van der Waals surface area (Å²) in [5, 5.41) is 7.19. The molecule has 0 bridgehead atoms. The maximum Gasteiger partial charge on any atom is 0.209 e. The molecule has 0 saturated carbocycles. The van der Waals surface area contributed by atoms with Crippen LogP contribution in [0.4, 0.5) is 0 Å². The number of hydrogen-bond donors (Lipinski definition) is 2. The van der Waals surface area contributed by atoms with Gasteiger partial charge in [-0.25, -0.2) is 0 Å². The van der Waals surface area contributed by atoms with E-state index in [4.69, 9.17) is 11.1 Å². The minimum absolute atomic E-state index is 0.235. The Bertz CT molecular complexity index is 250. The Morgan fingerprint density at radius 1 is 1.57 bits per heavy atom. The Balaban J connectivity index is 2.66. The highest BCUT2D eigenvalue weighted by molar-refractivity contribution is 5.76. The average Bonchev–Trinajstić information content (AvgIpc) is 2.22. The first-order valence-electron chi connectivity index (χ1n) is 4.86. The Morgan fingerprint density at radius 2 is 2.29 bits per heavy atom. The third-order valence-corrected chi connectivity index (χ3v) is 2.90. The first-order valence-corrected chi connectivity index (χ1v) is 4.86. The quantitative estimate of drug-likeness (QED) is 0.515. The normalized spacial score (nSPS) is 28.6. The third kappa shape index (κ3) is 2.13. The van der Waals surface area contributed by atoms with Crippen LogP contribution in [0.2, 0.25) is 0 Å². The molecule has 1 rings (SSSR count). The molecular formula is C10H17N3O. The lowest BCUT2D eigenvalue weighted by molar-refractivity contribution is -0.121. The molecule has 0 aromatic heterocycles. The number of carbonyl (C=O) groups excluding carboxylic acids is 1. The number of amides is 1. The van der Waals surface area contributed by atoms with E-state index in [0.29, 0.717) is 12.6 Å². The first kappa shape index (κ1) is 10.8. The maximum atomic E-state index is 10.7. The lowest BCUT2D eigenvalue weighted by atomic mass is 9.88. The number of nitrogens with zero attached hydrogens (tertiary/aromatic N) is 1. The summed E-state index contributed by atoms with van der Waals surface area (Å²) < 4.78 is 0. The number of nitrogens with one attached hydrogen (secondary N) is 1. The van der Waals surface area contributed by atoms with E-state index in [1.54, 1.807) is 4.90 Å². The number of nitrogens with two attached hydrogens (primary N) is 1. The predicted molar refractivity (Wildman–Crippen MR) is 56.0 cm³/mol. The zero-order chi connectivity index (χ0) is 10.6. The second-order valence-corrected chi connectivity index (χ2v) is 3.74. The van der Waals surface area contributed by atoms with Crippen LogP contribution in [0.1, 0.15) is 19.8 Å². The van der Waals surface area contributed by atoms with Gasteiger partial charge in [-0.1, -0.05) is 0 Å². The van der Waals surface area contributed by atoms with Crippen molar-refractivity contribution in [1.82, 2.24) is 4.90 Å². The minimum atomic E-state index is 0.235. The van der Waals surface area contributed by atoms with Gasteiger partial charge in [-0.15, -0.1) is 0 Å². The fourth-order valence-electron chi connectivity index (χ4n) is 1.85. The summed E-state index contributed by atoms with van der Waals surface area (Å²) >= 11 is 0. The van der Waals surface area contributed by atoms with Crippen molar-refractivity contribution in [2.75, 3.05) is 6.54 Å². The smallest absolute Gasteiger partial charge is 0.209 e. The van der Waals surface area contributed by atoms with Crippen LogP contribution >= 0.6 is 0 Å². The lowest BCUT2D eigenvalue weighted by Crippen LogP contribution is -2.41. The van der Waals surface area contributed by atoms with Crippen LogP contribution in [-0.4, -0.2) is 30.1 Å². The summed E-state index contributed by atoms with van der Waals surface area (Å²) in [5.74, 6) is 0.235. The van der Waals surface area contributed by atoms with Gasteiger partial charge in [0.15, 0.2) is 0 Å². The van der Waals surface area contributed by atoms with E-state index in [2.05, 4.69) is 0 Å². The minimum Gasteiger partial charge on any atom is -0.404 e. The van der Waals surface area contributed by atoms with Crippen molar-refractivity contribution in [2.45, 2.75) is 25.8 Å². The van der Waals surface area contributed by atoms with E-state index in [1.165, 1.54) is 12.4 Å². The van der Waals surface area contributed by atoms with Crippen LogP contribution in [-0.2, 0) is 4.79 Å². The van der Waals surface area contributed by atoms with Gasteiger partial charge in [-0.05, 0) is 31.5 Å². The van der Waals surface area contributed by atoms with Gasteiger partial charge in [0.1, 0.15) is 0 Å². The van der Waals surface area contributed by atoms with Gasteiger partial charge in [-0.3, -0.25) is 4.79 Å². The van der Waals surface area contributed by atoms with Crippen molar-refractivity contribution in [2.24, 2.45) is 11.7 Å². The summed E-state index contributed by atoms with van der Waals surface area (Å²) in [6.07, 6.45) is 5.62. The van der Waals surface area contributed by atoms with Crippen LogP contribution in [0.3, 0.4) is 0 Å². The van der Waals surface area contributed by atoms with Gasteiger partial charge in [0.25, 0.3) is 0 Å². The van der Waals surface area contributed by atoms with Gasteiger partial charge < -0.3 is 16.0 Å². The van der Waals surface area contributed by atoms with Gasteiger partial charge in [0.05, 0.1) is 0 Å². The Kier molecular flexibility index (Phi) is 3.68. The van der Waals surface area contributed by atoms with E-state index in [9.17, 15) is 4.79 Å². The molecule has 1 saturated heterocycles. The maximum absolute atomic E-state index is 10.7. The Labute approximate surface area is 84.3 Å². The molecule has 2 atom stereocenters. The SMILES string of the molecule is C[C@@H]1CCC(/C(C=N)=C/N)CN1C=O. The van der Waals surface area contributed by atoms with Crippen LogP contribution in [0.25, 0.3) is 0 Å². The molecule has 1 aliphatic rings. The molecule has 4 heteroatoms. The fraction of sp³-hybridized carbons (Fsp3) is 0.600. The molecule has 0 spiro atoms. The van der Waals surface area contributed by atoms with Crippen LogP contribution in [0, 0.1) is 11.3 Å². The van der Waals surface area contributed by atoms with Gasteiger partial charge >= 0.3 is 0 Å². The number of likely N-dealkylation sites (tertiary alicyclic amines) is 1. The molecule has 14 heavy (non-hydrogen) atoms. The number of carbonyl (C=O) groups is 1. The molecule has 1 fully saturated rings. The topological polar surface area (TPSA) is 70.2 Å². The standard InChI is InChI=1S/C10H17N3O/c1-8-2-3-9(6-13(8)7-14)10(4-11)5-12/h4-5,7-9,11H,2-3,6,12H2,1H3/b10-5+,11-4?/t8-,9?/m1/s1. The second-order valence-electron chi connectivity index (χ2n) is 3.74. The lowest BCUT2D eigenvalue weighted by Gasteiger charge is -2.35. The molecule has 0 aromatic carbocycles. The highest BCUT2D eigenvalue weighted by Gasteiger charge is 2.25. The summed E-state index contributed by atoms with van der Waals surface area (Å²) in [5.41, 5.74) is 6.24. The predicted octanol–water partition coefficient (Wildman–Crippen LogP) is 0.735. The summed E-state index contributed by atoms with van der Waals surface area (Å²) in [4.78, 5) is 12.5. The zero-order valence-electron chi connectivity index (χ0n) is 8.44. The van der Waals surface area contributed by atoms with E-state index < -0.39 is 0 Å². The van der Waals surface area contributed by atoms with E-state index in [1.807, 2.05) is 6.92 Å². The monoisotopic (exact) mass is 195 g/mol. The Hall–Kier alpha value is -1.32. The Morgan fingerprint density at radius 3 is 2.79 bits per heavy atom. The molecule has 1 amide bonds. The number of piperidine rings is 1. The van der Waals surface area contributed by atoms with Crippen LogP contribution in [0.15, 0.2) is 11.8 Å². The summed E-state index contributed by atoms with van der Waals surface area (Å²) in [7, 11) is 0. The number of hydrogen-bond acceptors (Lipinski definition) is 3. The summed E-state index contributed by atoms with van der Waals surface area (Å²) in [6, 6.07) is 0.313. The average molecular weight is 195 g/mol. The highest BCUT2D eigenvalue weighted by atomic mass is 16.1.